The maximum absolute atomic E-state index is 5.51. The van der Waals surface area contributed by atoms with Crippen LogP contribution < -0.4 is 0 Å². The Bertz CT molecular complexity index is 470. The number of ether oxygens (including phenoxy) is 1. The lowest BCUT2D eigenvalue weighted by Gasteiger charge is -2.02. The van der Waals surface area contributed by atoms with Crippen LogP contribution >= 0.6 is 0 Å². The third-order valence-corrected chi connectivity index (χ3v) is 2.84. The first kappa shape index (κ1) is 8.01. The average Bonchev–Trinajstić information content (AvgIpc) is 2.95. The fraction of sp³-hybridized carbons (Fsp3) is 0.231. The first-order valence-corrected chi connectivity index (χ1v) is 4.99. The highest BCUT2D eigenvalue weighted by atomic mass is 16.6. The number of epoxide rings is 1. The summed E-state index contributed by atoms with van der Waals surface area (Å²) in [6, 6.07) is 14.9. The molecule has 0 amide bonds. The minimum Gasteiger partial charge on any atom is -0.365 e. The first-order chi connectivity index (χ1) is 6.86. The molecule has 0 aliphatic carbocycles. The number of benzene rings is 2. The second kappa shape index (κ2) is 2.82. The van der Waals surface area contributed by atoms with Gasteiger partial charge in [-0.1, -0.05) is 42.5 Å². The van der Waals surface area contributed by atoms with E-state index in [0.717, 1.165) is 0 Å². The molecule has 1 heterocycles. The normalized spacial score (nSPS) is 25.2. The average molecular weight is 184 g/mol. The summed E-state index contributed by atoms with van der Waals surface area (Å²) in [5.41, 5.74) is 1.33. The van der Waals surface area contributed by atoms with Crippen molar-refractivity contribution in [3.63, 3.8) is 0 Å². The summed E-state index contributed by atoms with van der Waals surface area (Å²) < 4.78 is 5.51. The second-order valence-electron chi connectivity index (χ2n) is 3.83. The van der Waals surface area contributed by atoms with E-state index in [1.54, 1.807) is 0 Å². The van der Waals surface area contributed by atoms with Crippen molar-refractivity contribution in [2.45, 2.75) is 19.1 Å². The molecule has 14 heavy (non-hydrogen) atoms. The molecular weight excluding hydrogens is 172 g/mol. The Balaban J connectivity index is 2.23. The zero-order chi connectivity index (χ0) is 9.54. The Labute approximate surface area is 83.3 Å². The van der Waals surface area contributed by atoms with Gasteiger partial charge in [0.1, 0.15) is 6.10 Å². The van der Waals surface area contributed by atoms with E-state index >= 15 is 0 Å². The van der Waals surface area contributed by atoms with Crippen molar-refractivity contribution < 1.29 is 4.74 Å². The number of hydrogen-bond donors (Lipinski definition) is 0. The van der Waals surface area contributed by atoms with Gasteiger partial charge in [-0.05, 0) is 23.3 Å². The van der Waals surface area contributed by atoms with Gasteiger partial charge in [0.15, 0.2) is 0 Å². The molecule has 1 fully saturated rings. The van der Waals surface area contributed by atoms with Gasteiger partial charge in [0.25, 0.3) is 0 Å². The molecule has 1 nitrogen and oxygen atoms in total. The molecule has 0 bridgehead atoms. The van der Waals surface area contributed by atoms with Crippen LogP contribution in [-0.2, 0) is 4.74 Å². The molecule has 0 spiro atoms. The van der Waals surface area contributed by atoms with Crippen molar-refractivity contribution in [3.05, 3.63) is 48.0 Å². The predicted octanol–water partition coefficient (Wildman–Crippen LogP) is 3.30. The first-order valence-electron chi connectivity index (χ1n) is 4.99. The minimum atomic E-state index is 0.320. The van der Waals surface area contributed by atoms with E-state index in [4.69, 9.17) is 4.74 Å². The smallest absolute Gasteiger partial charge is 0.109 e. The van der Waals surface area contributed by atoms with E-state index in [1.165, 1.54) is 16.3 Å². The summed E-state index contributed by atoms with van der Waals surface area (Å²) in [5, 5.41) is 2.62. The lowest BCUT2D eigenvalue weighted by molar-refractivity contribution is 0.384. The Hall–Kier alpha value is -1.34. The van der Waals surface area contributed by atoms with Crippen LogP contribution in [-0.4, -0.2) is 6.10 Å². The molecule has 2 unspecified atom stereocenters. The van der Waals surface area contributed by atoms with Crippen LogP contribution in [0.1, 0.15) is 18.6 Å². The fourth-order valence-electron chi connectivity index (χ4n) is 2.01. The van der Waals surface area contributed by atoms with Gasteiger partial charge in [0.2, 0.25) is 0 Å². The fourth-order valence-corrected chi connectivity index (χ4v) is 2.01. The molecule has 70 valence electrons. The van der Waals surface area contributed by atoms with Crippen LogP contribution in [0.5, 0.6) is 0 Å². The van der Waals surface area contributed by atoms with E-state index in [0.29, 0.717) is 12.2 Å². The molecule has 1 aliphatic heterocycles. The summed E-state index contributed by atoms with van der Waals surface area (Å²) in [6.45, 7) is 2.12. The quantitative estimate of drug-likeness (QED) is 0.619. The summed E-state index contributed by atoms with van der Waals surface area (Å²) in [6.07, 6.45) is 0.710. The highest BCUT2D eigenvalue weighted by Crippen LogP contribution is 2.41. The Kier molecular flexibility index (Phi) is 1.62. The van der Waals surface area contributed by atoms with Gasteiger partial charge in [-0.3, -0.25) is 0 Å². The zero-order valence-corrected chi connectivity index (χ0v) is 8.10. The highest BCUT2D eigenvalue weighted by Gasteiger charge is 2.36. The third-order valence-electron chi connectivity index (χ3n) is 2.84. The number of hydrogen-bond acceptors (Lipinski definition) is 1. The molecular formula is C13H12O. The van der Waals surface area contributed by atoms with Crippen molar-refractivity contribution in [2.24, 2.45) is 0 Å². The highest BCUT2D eigenvalue weighted by molar-refractivity contribution is 5.86. The zero-order valence-electron chi connectivity index (χ0n) is 8.10. The summed E-state index contributed by atoms with van der Waals surface area (Å²) in [4.78, 5) is 0. The van der Waals surface area contributed by atoms with E-state index in [2.05, 4.69) is 49.4 Å². The van der Waals surface area contributed by atoms with Gasteiger partial charge in [-0.2, -0.15) is 0 Å². The van der Waals surface area contributed by atoms with Crippen molar-refractivity contribution in [1.82, 2.24) is 0 Å². The summed E-state index contributed by atoms with van der Waals surface area (Å²) in [5.74, 6) is 0. The molecule has 2 aromatic rings. The van der Waals surface area contributed by atoms with Crippen LogP contribution in [0.25, 0.3) is 10.8 Å². The van der Waals surface area contributed by atoms with Crippen LogP contribution in [0.4, 0.5) is 0 Å². The lowest BCUT2D eigenvalue weighted by Crippen LogP contribution is -1.85. The molecule has 2 aromatic carbocycles. The van der Waals surface area contributed by atoms with Gasteiger partial charge in [0, 0.05) is 0 Å². The van der Waals surface area contributed by atoms with Crippen molar-refractivity contribution in [2.75, 3.05) is 0 Å². The largest absolute Gasteiger partial charge is 0.365 e. The minimum absolute atomic E-state index is 0.320. The Morgan fingerprint density at radius 2 is 1.71 bits per heavy atom. The van der Waals surface area contributed by atoms with Crippen LogP contribution in [0.2, 0.25) is 0 Å². The van der Waals surface area contributed by atoms with E-state index in [-0.39, 0.29) is 0 Å². The Morgan fingerprint density at radius 3 is 2.50 bits per heavy atom. The molecule has 0 N–H and O–H groups in total. The number of fused-ring (bicyclic) bond motifs is 1. The standard InChI is InChI=1S/C13H12O/c1-9-13(14-9)12-8-4-6-10-5-2-3-7-11(10)12/h2-9,13H,1H3. The molecule has 0 saturated carbocycles. The molecule has 0 radical (unpaired) electrons. The van der Waals surface area contributed by atoms with Crippen LogP contribution in [0.3, 0.4) is 0 Å². The van der Waals surface area contributed by atoms with Crippen molar-refractivity contribution in [3.8, 4) is 0 Å². The van der Waals surface area contributed by atoms with Gasteiger partial charge in [-0.25, -0.2) is 0 Å². The van der Waals surface area contributed by atoms with Crippen molar-refractivity contribution in [1.29, 1.82) is 0 Å². The molecule has 2 atom stereocenters. The van der Waals surface area contributed by atoms with E-state index in [9.17, 15) is 0 Å². The van der Waals surface area contributed by atoms with Crippen LogP contribution in [0.15, 0.2) is 42.5 Å². The van der Waals surface area contributed by atoms with Gasteiger partial charge in [0.05, 0.1) is 6.10 Å². The van der Waals surface area contributed by atoms with Crippen molar-refractivity contribution >= 4 is 10.8 Å². The van der Waals surface area contributed by atoms with Gasteiger partial charge in [-0.15, -0.1) is 0 Å². The molecule has 3 rings (SSSR count). The summed E-state index contributed by atoms with van der Waals surface area (Å²) >= 11 is 0. The second-order valence-corrected chi connectivity index (χ2v) is 3.83. The summed E-state index contributed by atoms with van der Waals surface area (Å²) in [7, 11) is 0. The molecule has 0 aromatic heterocycles. The van der Waals surface area contributed by atoms with Gasteiger partial charge < -0.3 is 4.74 Å². The topological polar surface area (TPSA) is 12.5 Å². The lowest BCUT2D eigenvalue weighted by atomic mass is 10.0. The van der Waals surface area contributed by atoms with Gasteiger partial charge >= 0.3 is 0 Å². The number of rotatable bonds is 1. The maximum Gasteiger partial charge on any atom is 0.109 e. The van der Waals surface area contributed by atoms with Crippen LogP contribution in [0, 0.1) is 0 Å². The van der Waals surface area contributed by atoms with E-state index in [1.807, 2.05) is 0 Å². The molecule has 1 saturated heterocycles. The third kappa shape index (κ3) is 1.13. The van der Waals surface area contributed by atoms with E-state index < -0.39 is 0 Å². The molecule has 1 heteroatoms. The Morgan fingerprint density at radius 1 is 1.00 bits per heavy atom. The SMILES string of the molecule is CC1OC1c1cccc2ccccc12. The monoisotopic (exact) mass is 184 g/mol. The predicted molar refractivity (Wildman–Crippen MR) is 57.2 cm³/mol. The maximum atomic E-state index is 5.51. The molecule has 1 aliphatic rings.